The molecule has 0 saturated carbocycles. The molecular weight excluding hydrogens is 268 g/mol. The lowest BCUT2D eigenvalue weighted by atomic mass is 9.97. The minimum atomic E-state index is -0.687. The largest absolute Gasteiger partial charge is 0.481 e. The van der Waals surface area contributed by atoms with Gasteiger partial charge in [0.05, 0.1) is 5.92 Å². The topological polar surface area (TPSA) is 78.4 Å². The number of nitrogens with zero attached hydrogens (tertiary/aromatic N) is 3. The van der Waals surface area contributed by atoms with Gasteiger partial charge in [-0.15, -0.1) is 0 Å². The van der Waals surface area contributed by atoms with Crippen molar-refractivity contribution in [2.75, 3.05) is 23.3 Å². The predicted molar refractivity (Wildman–Crippen MR) is 82.7 cm³/mol. The number of carboxylic acid groups (broad SMARTS) is 1. The van der Waals surface area contributed by atoms with Gasteiger partial charge in [-0.25, -0.2) is 9.97 Å². The van der Waals surface area contributed by atoms with Crippen LogP contribution in [0.4, 0.5) is 11.6 Å². The van der Waals surface area contributed by atoms with Gasteiger partial charge >= 0.3 is 5.97 Å². The molecule has 1 unspecified atom stereocenters. The van der Waals surface area contributed by atoms with E-state index < -0.39 is 5.97 Å². The predicted octanol–water partition coefficient (Wildman–Crippen LogP) is 2.30. The first-order valence-corrected chi connectivity index (χ1v) is 7.59. The highest BCUT2D eigenvalue weighted by Gasteiger charge is 2.25. The zero-order valence-electron chi connectivity index (χ0n) is 13.0. The highest BCUT2D eigenvalue weighted by atomic mass is 16.4. The number of carbonyl (C=O) groups is 1. The van der Waals surface area contributed by atoms with Gasteiger partial charge in [-0.05, 0) is 33.1 Å². The number of carboxylic acids is 1. The lowest BCUT2D eigenvalue weighted by Crippen LogP contribution is -2.37. The molecule has 1 aromatic heterocycles. The van der Waals surface area contributed by atoms with E-state index in [1.165, 1.54) is 0 Å². The zero-order chi connectivity index (χ0) is 15.4. The van der Waals surface area contributed by atoms with Gasteiger partial charge in [0.2, 0.25) is 0 Å². The summed E-state index contributed by atoms with van der Waals surface area (Å²) in [4.78, 5) is 22.1. The number of anilines is 2. The Hall–Kier alpha value is -1.85. The van der Waals surface area contributed by atoms with Crippen molar-refractivity contribution >= 4 is 17.6 Å². The highest BCUT2D eigenvalue weighted by molar-refractivity contribution is 5.70. The molecule has 21 heavy (non-hydrogen) atoms. The molecule has 1 aliphatic rings. The molecule has 116 valence electrons. The monoisotopic (exact) mass is 292 g/mol. The number of rotatable bonds is 5. The van der Waals surface area contributed by atoms with Gasteiger partial charge < -0.3 is 15.3 Å². The third-order valence-electron chi connectivity index (χ3n) is 4.00. The summed E-state index contributed by atoms with van der Waals surface area (Å²) in [5.74, 6) is 1.55. The van der Waals surface area contributed by atoms with Gasteiger partial charge in [-0.2, -0.15) is 0 Å². The normalized spacial score (nSPS) is 17.6. The Kier molecular flexibility index (Phi) is 4.98. The van der Waals surface area contributed by atoms with Crippen molar-refractivity contribution in [1.29, 1.82) is 0 Å². The highest BCUT2D eigenvalue weighted by Crippen LogP contribution is 2.24. The Bertz CT molecular complexity index is 498. The van der Waals surface area contributed by atoms with Crippen LogP contribution in [0.3, 0.4) is 0 Å². The summed E-state index contributed by atoms with van der Waals surface area (Å²) < 4.78 is 0. The molecule has 1 aromatic rings. The molecule has 0 spiro atoms. The van der Waals surface area contributed by atoms with E-state index in [9.17, 15) is 4.79 Å². The maximum absolute atomic E-state index is 11.0. The summed E-state index contributed by atoms with van der Waals surface area (Å²) in [6.45, 7) is 7.60. The molecular formula is C15H24N4O2. The van der Waals surface area contributed by atoms with Crippen molar-refractivity contribution in [3.05, 3.63) is 11.9 Å². The quantitative estimate of drug-likeness (QED) is 0.867. The summed E-state index contributed by atoms with van der Waals surface area (Å²) in [5.41, 5.74) is 0. The van der Waals surface area contributed by atoms with Gasteiger partial charge in [-0.3, -0.25) is 4.79 Å². The van der Waals surface area contributed by atoms with Crippen molar-refractivity contribution in [2.24, 2.45) is 5.92 Å². The van der Waals surface area contributed by atoms with Crippen LogP contribution >= 0.6 is 0 Å². The van der Waals surface area contributed by atoms with Crippen LogP contribution in [0.15, 0.2) is 6.07 Å². The molecule has 0 radical (unpaired) electrons. The first kappa shape index (κ1) is 15.5. The van der Waals surface area contributed by atoms with Crippen LogP contribution in [0, 0.1) is 12.8 Å². The number of aliphatic carboxylic acids is 1. The van der Waals surface area contributed by atoms with E-state index in [0.29, 0.717) is 18.9 Å². The molecule has 6 nitrogen and oxygen atoms in total. The van der Waals surface area contributed by atoms with Crippen LogP contribution in [0.25, 0.3) is 0 Å². The summed E-state index contributed by atoms with van der Waals surface area (Å²) in [6, 6.07) is 2.32. The smallest absolute Gasteiger partial charge is 0.306 e. The number of hydrogen-bond donors (Lipinski definition) is 2. The van der Waals surface area contributed by atoms with Crippen molar-refractivity contribution in [2.45, 2.75) is 46.1 Å². The van der Waals surface area contributed by atoms with Crippen LogP contribution in [0.5, 0.6) is 0 Å². The molecule has 2 heterocycles. The summed E-state index contributed by atoms with van der Waals surface area (Å²) in [5, 5.41) is 12.4. The van der Waals surface area contributed by atoms with Crippen LogP contribution < -0.4 is 10.2 Å². The summed E-state index contributed by atoms with van der Waals surface area (Å²) >= 11 is 0. The molecule has 0 amide bonds. The van der Waals surface area contributed by atoms with Crippen molar-refractivity contribution < 1.29 is 9.90 Å². The van der Waals surface area contributed by atoms with E-state index in [0.717, 1.165) is 37.0 Å². The lowest BCUT2D eigenvalue weighted by Gasteiger charge is -2.31. The van der Waals surface area contributed by atoms with E-state index >= 15 is 0 Å². The van der Waals surface area contributed by atoms with Crippen LogP contribution in [-0.4, -0.2) is 40.2 Å². The zero-order valence-corrected chi connectivity index (χ0v) is 13.0. The SMILES string of the molecule is CCC(C)Nc1cc(N2CCC(C(=O)O)CC2)nc(C)n1. The van der Waals surface area contributed by atoms with Crippen LogP contribution in [0.2, 0.25) is 0 Å². The van der Waals surface area contributed by atoms with Gasteiger partial charge in [0.1, 0.15) is 17.5 Å². The molecule has 1 aliphatic heterocycles. The maximum atomic E-state index is 11.0. The van der Waals surface area contributed by atoms with Crippen molar-refractivity contribution in [3.63, 3.8) is 0 Å². The molecule has 2 N–H and O–H groups in total. The van der Waals surface area contributed by atoms with Crippen molar-refractivity contribution in [1.82, 2.24) is 9.97 Å². The van der Waals surface area contributed by atoms with Crippen molar-refractivity contribution in [3.8, 4) is 0 Å². The van der Waals surface area contributed by atoms with Gasteiger partial charge in [-0.1, -0.05) is 6.92 Å². The molecule has 0 aromatic carbocycles. The molecule has 0 aliphatic carbocycles. The average molecular weight is 292 g/mol. The number of piperidine rings is 1. The fourth-order valence-corrected chi connectivity index (χ4v) is 2.50. The Balaban J connectivity index is 2.08. The third kappa shape index (κ3) is 4.06. The maximum Gasteiger partial charge on any atom is 0.306 e. The van der Waals surface area contributed by atoms with Gasteiger partial charge in [0.15, 0.2) is 0 Å². The first-order chi connectivity index (χ1) is 9.99. The standard InChI is InChI=1S/C15H24N4O2/c1-4-10(2)16-13-9-14(18-11(3)17-13)19-7-5-12(6-8-19)15(20)21/h9-10,12H,4-8H2,1-3H3,(H,20,21)(H,16,17,18). The summed E-state index contributed by atoms with van der Waals surface area (Å²) in [6.07, 6.45) is 2.38. The molecule has 2 rings (SSSR count). The number of aromatic nitrogens is 2. The van der Waals surface area contributed by atoms with Gasteiger partial charge in [0.25, 0.3) is 0 Å². The third-order valence-corrected chi connectivity index (χ3v) is 4.00. The lowest BCUT2D eigenvalue weighted by molar-refractivity contribution is -0.142. The van der Waals surface area contributed by atoms with Crippen LogP contribution in [-0.2, 0) is 4.79 Å². The average Bonchev–Trinajstić information content (AvgIpc) is 2.46. The fourth-order valence-electron chi connectivity index (χ4n) is 2.50. The Morgan fingerprint density at radius 2 is 2.14 bits per heavy atom. The number of hydrogen-bond acceptors (Lipinski definition) is 5. The first-order valence-electron chi connectivity index (χ1n) is 7.59. The molecule has 0 bridgehead atoms. The Labute approximate surface area is 125 Å². The van der Waals surface area contributed by atoms with E-state index in [2.05, 4.69) is 34.0 Å². The number of aryl methyl sites for hydroxylation is 1. The second-order valence-corrected chi connectivity index (χ2v) is 5.71. The minimum Gasteiger partial charge on any atom is -0.481 e. The fraction of sp³-hybridized carbons (Fsp3) is 0.667. The molecule has 1 saturated heterocycles. The Morgan fingerprint density at radius 1 is 1.48 bits per heavy atom. The van der Waals surface area contributed by atoms with E-state index in [1.54, 1.807) is 0 Å². The van der Waals surface area contributed by atoms with E-state index in [-0.39, 0.29) is 5.92 Å². The molecule has 1 fully saturated rings. The number of nitrogens with one attached hydrogen (secondary N) is 1. The molecule has 6 heteroatoms. The minimum absolute atomic E-state index is 0.220. The van der Waals surface area contributed by atoms with Crippen LogP contribution in [0.1, 0.15) is 38.9 Å². The summed E-state index contributed by atoms with van der Waals surface area (Å²) in [7, 11) is 0. The second-order valence-electron chi connectivity index (χ2n) is 5.71. The van der Waals surface area contributed by atoms with Gasteiger partial charge in [0, 0.05) is 25.2 Å². The Morgan fingerprint density at radius 3 is 2.71 bits per heavy atom. The second kappa shape index (κ2) is 6.74. The van der Waals surface area contributed by atoms with E-state index in [1.807, 2.05) is 13.0 Å². The van der Waals surface area contributed by atoms with E-state index in [4.69, 9.17) is 5.11 Å². The molecule has 1 atom stereocenters.